The minimum atomic E-state index is -0.652. The predicted octanol–water partition coefficient (Wildman–Crippen LogP) is 3.21. The predicted molar refractivity (Wildman–Crippen MR) is 56.7 cm³/mol. The van der Waals surface area contributed by atoms with Crippen LogP contribution in [-0.4, -0.2) is 11.5 Å². The zero-order valence-corrected chi connectivity index (χ0v) is 9.06. The molecule has 0 aliphatic rings. The van der Waals surface area contributed by atoms with Crippen molar-refractivity contribution in [2.24, 2.45) is 5.92 Å². The summed E-state index contributed by atoms with van der Waals surface area (Å²) in [5.41, 5.74) is 0. The highest BCUT2D eigenvalue weighted by Crippen LogP contribution is 2.13. The van der Waals surface area contributed by atoms with E-state index in [0.29, 0.717) is 12.5 Å². The maximum absolute atomic E-state index is 13.1. The van der Waals surface area contributed by atoms with Gasteiger partial charge in [0.15, 0.2) is 11.6 Å². The number of anilines is 1. The van der Waals surface area contributed by atoms with Gasteiger partial charge in [-0.05, 0) is 5.92 Å². The van der Waals surface area contributed by atoms with Crippen LogP contribution >= 0.6 is 0 Å². The Kier molecular flexibility index (Phi) is 4.46. The Hall–Kier alpha value is -1.19. The molecule has 0 fully saturated rings. The molecule has 84 valence electrons. The van der Waals surface area contributed by atoms with Crippen LogP contribution in [0.15, 0.2) is 12.3 Å². The van der Waals surface area contributed by atoms with Crippen LogP contribution in [0.25, 0.3) is 0 Å². The Morgan fingerprint density at radius 2 is 2.00 bits per heavy atom. The van der Waals surface area contributed by atoms with E-state index in [-0.39, 0.29) is 5.82 Å². The van der Waals surface area contributed by atoms with Crippen LogP contribution < -0.4 is 5.32 Å². The molecule has 1 N–H and O–H groups in total. The van der Waals surface area contributed by atoms with Crippen LogP contribution in [0.4, 0.5) is 14.6 Å². The van der Waals surface area contributed by atoms with E-state index in [1.807, 2.05) is 0 Å². The van der Waals surface area contributed by atoms with E-state index >= 15 is 0 Å². The normalized spacial score (nSPS) is 10.7. The van der Waals surface area contributed by atoms with Gasteiger partial charge in [-0.25, -0.2) is 13.8 Å². The van der Waals surface area contributed by atoms with Crippen LogP contribution in [0.1, 0.15) is 26.7 Å². The summed E-state index contributed by atoms with van der Waals surface area (Å²) in [5, 5.41) is 2.89. The molecule has 1 rings (SSSR count). The van der Waals surface area contributed by atoms with Gasteiger partial charge in [-0.15, -0.1) is 0 Å². The molecule has 0 saturated heterocycles. The lowest BCUT2D eigenvalue weighted by Gasteiger charge is -2.13. The number of rotatable bonds is 5. The van der Waals surface area contributed by atoms with E-state index in [0.717, 1.165) is 25.1 Å². The molecule has 1 aromatic heterocycles. The van der Waals surface area contributed by atoms with Crippen molar-refractivity contribution in [3.8, 4) is 0 Å². The van der Waals surface area contributed by atoms with Gasteiger partial charge in [-0.1, -0.05) is 26.7 Å². The van der Waals surface area contributed by atoms with Crippen molar-refractivity contribution in [2.75, 3.05) is 11.9 Å². The van der Waals surface area contributed by atoms with Gasteiger partial charge in [0.1, 0.15) is 5.82 Å². The van der Waals surface area contributed by atoms with Crippen molar-refractivity contribution < 1.29 is 8.78 Å². The van der Waals surface area contributed by atoms with E-state index in [1.165, 1.54) is 0 Å². The van der Waals surface area contributed by atoms with Gasteiger partial charge in [0.2, 0.25) is 0 Å². The molecule has 0 aliphatic heterocycles. The van der Waals surface area contributed by atoms with Crippen molar-refractivity contribution in [1.82, 2.24) is 4.98 Å². The first-order valence-corrected chi connectivity index (χ1v) is 5.22. The van der Waals surface area contributed by atoms with Crippen LogP contribution in [0.3, 0.4) is 0 Å². The van der Waals surface area contributed by atoms with Gasteiger partial charge in [0.05, 0.1) is 6.20 Å². The fraction of sp³-hybridized carbons (Fsp3) is 0.545. The monoisotopic (exact) mass is 214 g/mol. The molecule has 15 heavy (non-hydrogen) atoms. The summed E-state index contributed by atoms with van der Waals surface area (Å²) in [5.74, 6) is -0.666. The molecule has 0 radical (unpaired) electrons. The highest BCUT2D eigenvalue weighted by molar-refractivity contribution is 5.35. The first kappa shape index (κ1) is 11.9. The lowest BCUT2D eigenvalue weighted by Crippen LogP contribution is -2.14. The zero-order valence-electron chi connectivity index (χ0n) is 9.06. The number of nitrogens with one attached hydrogen (secondary N) is 1. The molecule has 0 spiro atoms. The Morgan fingerprint density at radius 1 is 1.33 bits per heavy atom. The molecule has 1 heterocycles. The van der Waals surface area contributed by atoms with Crippen molar-refractivity contribution in [2.45, 2.75) is 26.7 Å². The molecule has 4 heteroatoms. The number of hydrogen-bond acceptors (Lipinski definition) is 2. The maximum Gasteiger partial charge on any atom is 0.168 e. The summed E-state index contributed by atoms with van der Waals surface area (Å²) in [6.07, 6.45) is 3.08. The maximum atomic E-state index is 13.1. The van der Waals surface area contributed by atoms with E-state index in [1.54, 1.807) is 0 Å². The van der Waals surface area contributed by atoms with Gasteiger partial charge in [-0.2, -0.15) is 0 Å². The van der Waals surface area contributed by atoms with E-state index in [4.69, 9.17) is 0 Å². The van der Waals surface area contributed by atoms with E-state index in [2.05, 4.69) is 24.1 Å². The highest BCUT2D eigenvalue weighted by Gasteiger charge is 2.07. The van der Waals surface area contributed by atoms with Crippen molar-refractivity contribution in [3.05, 3.63) is 23.9 Å². The van der Waals surface area contributed by atoms with E-state index in [9.17, 15) is 8.78 Å². The summed E-state index contributed by atoms with van der Waals surface area (Å²) in [6, 6.07) is 0.836. The fourth-order valence-electron chi connectivity index (χ4n) is 1.36. The van der Waals surface area contributed by atoms with Crippen molar-refractivity contribution in [1.29, 1.82) is 0 Å². The van der Waals surface area contributed by atoms with Gasteiger partial charge in [-0.3, -0.25) is 0 Å². The molecule has 0 bridgehead atoms. The first-order chi connectivity index (χ1) is 7.17. The fourth-order valence-corrected chi connectivity index (χ4v) is 1.36. The average molecular weight is 214 g/mol. The van der Waals surface area contributed by atoms with Crippen molar-refractivity contribution >= 4 is 5.82 Å². The molecule has 0 atom stereocenters. The zero-order chi connectivity index (χ0) is 11.3. The molecule has 0 unspecified atom stereocenters. The minimum absolute atomic E-state index is 0.128. The van der Waals surface area contributed by atoms with Crippen LogP contribution in [0.5, 0.6) is 0 Å². The summed E-state index contributed by atoms with van der Waals surface area (Å²) in [4.78, 5) is 3.66. The van der Waals surface area contributed by atoms with Crippen LogP contribution in [-0.2, 0) is 0 Å². The standard InChI is InChI=1S/C11H16F2N2/c1-3-8(4-2)6-14-11-10(13)5-9(12)7-15-11/h5,7-8H,3-4,6H2,1-2H3,(H,14,15). The number of hydrogen-bond donors (Lipinski definition) is 1. The van der Waals surface area contributed by atoms with Crippen molar-refractivity contribution in [3.63, 3.8) is 0 Å². The summed E-state index contributed by atoms with van der Waals surface area (Å²) >= 11 is 0. The number of nitrogens with zero attached hydrogens (tertiary/aromatic N) is 1. The summed E-state index contributed by atoms with van der Waals surface area (Å²) in [7, 11) is 0. The first-order valence-electron chi connectivity index (χ1n) is 5.22. The minimum Gasteiger partial charge on any atom is -0.367 e. The molecule has 2 nitrogen and oxygen atoms in total. The van der Waals surface area contributed by atoms with Gasteiger partial charge < -0.3 is 5.32 Å². The summed E-state index contributed by atoms with van der Waals surface area (Å²) in [6.45, 7) is 4.84. The highest BCUT2D eigenvalue weighted by atomic mass is 19.1. The second kappa shape index (κ2) is 5.63. The molecular weight excluding hydrogens is 198 g/mol. The molecule has 1 aromatic rings. The number of pyridine rings is 1. The van der Waals surface area contributed by atoms with Gasteiger partial charge >= 0.3 is 0 Å². The molecule has 0 aromatic carbocycles. The van der Waals surface area contributed by atoms with E-state index < -0.39 is 11.6 Å². The third-order valence-electron chi connectivity index (χ3n) is 2.52. The van der Waals surface area contributed by atoms with Crippen LogP contribution in [0, 0.1) is 17.6 Å². The largest absolute Gasteiger partial charge is 0.367 e. The quantitative estimate of drug-likeness (QED) is 0.814. The molecule has 0 amide bonds. The Balaban J connectivity index is 2.57. The Bertz CT molecular complexity index is 311. The Labute approximate surface area is 88.7 Å². The smallest absolute Gasteiger partial charge is 0.168 e. The van der Waals surface area contributed by atoms with Gasteiger partial charge in [0, 0.05) is 12.6 Å². The topological polar surface area (TPSA) is 24.9 Å². The summed E-state index contributed by atoms with van der Waals surface area (Å²) < 4.78 is 25.7. The van der Waals surface area contributed by atoms with Crippen LogP contribution in [0.2, 0.25) is 0 Å². The SMILES string of the molecule is CCC(CC)CNc1ncc(F)cc1F. The van der Waals surface area contributed by atoms with Gasteiger partial charge in [0.25, 0.3) is 0 Å². The lowest BCUT2D eigenvalue weighted by atomic mass is 10.0. The Morgan fingerprint density at radius 3 is 2.53 bits per heavy atom. The third-order valence-corrected chi connectivity index (χ3v) is 2.52. The second-order valence-electron chi connectivity index (χ2n) is 3.55. The third kappa shape index (κ3) is 3.46. The molecular formula is C11H16F2N2. The number of halogens is 2. The molecule has 0 saturated carbocycles. The lowest BCUT2D eigenvalue weighted by molar-refractivity contribution is 0.514. The number of aromatic nitrogens is 1. The second-order valence-corrected chi connectivity index (χ2v) is 3.55. The average Bonchev–Trinajstić information content (AvgIpc) is 2.22. The molecule has 0 aliphatic carbocycles.